The van der Waals surface area contributed by atoms with Gasteiger partial charge in [-0.3, -0.25) is 4.79 Å². The molecule has 0 aromatic heterocycles. The van der Waals surface area contributed by atoms with Crippen molar-refractivity contribution in [2.75, 3.05) is 6.61 Å². The number of hydrogen-bond acceptors (Lipinski definition) is 2. The molecule has 0 aliphatic carbocycles. The van der Waals surface area contributed by atoms with Gasteiger partial charge in [0.05, 0.1) is 6.61 Å². The Bertz CT molecular complexity index is 608. The predicted molar refractivity (Wildman–Crippen MR) is 86.8 cm³/mol. The molecule has 0 atom stereocenters. The van der Waals surface area contributed by atoms with E-state index in [1.165, 1.54) is 0 Å². The fraction of sp³-hybridized carbons (Fsp3) is 0.278. The number of halogens is 1. The van der Waals surface area contributed by atoms with Crippen molar-refractivity contribution in [3.05, 3.63) is 54.1 Å². The molecule has 2 rings (SSSR count). The van der Waals surface area contributed by atoms with Gasteiger partial charge in [0.1, 0.15) is 5.75 Å². The first-order valence-corrected chi connectivity index (χ1v) is 7.57. The lowest BCUT2D eigenvalue weighted by molar-refractivity contribution is -0.111. The van der Waals surface area contributed by atoms with Crippen molar-refractivity contribution in [1.82, 2.24) is 0 Å². The molecule has 0 bridgehead atoms. The fourth-order valence-corrected chi connectivity index (χ4v) is 2.28. The zero-order valence-corrected chi connectivity index (χ0v) is 12.9. The molecule has 0 N–H and O–H groups in total. The summed E-state index contributed by atoms with van der Waals surface area (Å²) in [5.41, 5.74) is 3.06. The van der Waals surface area contributed by atoms with Gasteiger partial charge in [-0.25, -0.2) is 0 Å². The minimum Gasteiger partial charge on any atom is -0.494 e. The van der Waals surface area contributed by atoms with E-state index in [1.54, 1.807) is 0 Å². The summed E-state index contributed by atoms with van der Waals surface area (Å²) in [6.45, 7) is 2.88. The van der Waals surface area contributed by atoms with E-state index in [0.717, 1.165) is 41.9 Å². The first-order valence-electron chi connectivity index (χ1n) is 7.19. The molecule has 0 saturated carbocycles. The van der Waals surface area contributed by atoms with E-state index in [-0.39, 0.29) is 11.7 Å². The maximum absolute atomic E-state index is 11.0. The fourth-order valence-electron chi connectivity index (χ4n) is 2.12. The highest BCUT2D eigenvalue weighted by atomic mass is 35.5. The van der Waals surface area contributed by atoms with Gasteiger partial charge in [0.15, 0.2) is 0 Å². The lowest BCUT2D eigenvalue weighted by Gasteiger charge is -2.08. The molecule has 21 heavy (non-hydrogen) atoms. The number of carbonyl (C=O) groups is 1. The van der Waals surface area contributed by atoms with E-state index < -0.39 is 0 Å². The van der Waals surface area contributed by atoms with E-state index in [4.69, 9.17) is 16.3 Å². The lowest BCUT2D eigenvalue weighted by Crippen LogP contribution is -1.96. The first kappa shape index (κ1) is 15.6. The molecule has 0 unspecified atom stereocenters. The van der Waals surface area contributed by atoms with Gasteiger partial charge in [0, 0.05) is 6.42 Å². The maximum atomic E-state index is 11.0. The Hall–Kier alpha value is -1.80. The van der Waals surface area contributed by atoms with Crippen LogP contribution in [0.5, 0.6) is 5.75 Å². The average Bonchev–Trinajstić information content (AvgIpc) is 2.47. The van der Waals surface area contributed by atoms with Gasteiger partial charge in [0.25, 0.3) is 0 Å². The van der Waals surface area contributed by atoms with Crippen molar-refractivity contribution in [2.45, 2.75) is 26.2 Å². The van der Waals surface area contributed by atoms with Crippen molar-refractivity contribution >= 4 is 16.8 Å². The molecular formula is C18H19ClO2. The number of carbonyl (C=O) groups excluding carboxylic acids is 1. The molecule has 2 nitrogen and oxygen atoms in total. The van der Waals surface area contributed by atoms with Crippen LogP contribution >= 0.6 is 11.6 Å². The average molecular weight is 303 g/mol. The number of unbranched alkanes of at least 4 members (excludes halogenated alkanes) is 1. The second kappa shape index (κ2) is 7.84. The van der Waals surface area contributed by atoms with Crippen LogP contribution in [0.2, 0.25) is 0 Å². The van der Waals surface area contributed by atoms with E-state index in [0.29, 0.717) is 0 Å². The number of benzene rings is 2. The molecule has 0 fully saturated rings. The molecule has 0 aliphatic heterocycles. The molecule has 2 aromatic carbocycles. The smallest absolute Gasteiger partial charge is 0.226 e. The minimum atomic E-state index is -0.344. The molecule has 0 amide bonds. The summed E-state index contributed by atoms with van der Waals surface area (Å²) in [7, 11) is 0. The normalized spacial score (nSPS) is 10.4. The van der Waals surface area contributed by atoms with Crippen molar-refractivity contribution in [2.24, 2.45) is 0 Å². The molecule has 3 heteroatoms. The van der Waals surface area contributed by atoms with E-state index in [2.05, 4.69) is 6.92 Å². The summed E-state index contributed by atoms with van der Waals surface area (Å²) in [6, 6.07) is 15.9. The van der Waals surface area contributed by atoms with Crippen LogP contribution in [0.3, 0.4) is 0 Å². The van der Waals surface area contributed by atoms with Gasteiger partial charge in [-0.15, -0.1) is 0 Å². The summed E-state index contributed by atoms with van der Waals surface area (Å²) in [4.78, 5) is 11.0. The summed E-state index contributed by atoms with van der Waals surface area (Å²) >= 11 is 5.45. The van der Waals surface area contributed by atoms with Crippen molar-refractivity contribution in [3.8, 4) is 16.9 Å². The van der Waals surface area contributed by atoms with Gasteiger partial charge >= 0.3 is 0 Å². The van der Waals surface area contributed by atoms with Crippen molar-refractivity contribution in [1.29, 1.82) is 0 Å². The number of rotatable bonds is 7. The maximum Gasteiger partial charge on any atom is 0.226 e. The standard InChI is InChI=1S/C18H19ClO2/c1-2-3-10-21-17-9-5-8-16(13-17)15-7-4-6-14(11-15)12-18(19)20/h4-9,11,13H,2-3,10,12H2,1H3. The SMILES string of the molecule is CCCCOc1cccc(-c2cccc(CC(=O)Cl)c2)c1. The Labute approximate surface area is 130 Å². The Balaban J connectivity index is 2.17. The van der Waals surface area contributed by atoms with Crippen LogP contribution < -0.4 is 4.74 Å². The van der Waals surface area contributed by atoms with Crippen molar-refractivity contribution in [3.63, 3.8) is 0 Å². The molecule has 0 heterocycles. The third-order valence-corrected chi connectivity index (χ3v) is 3.34. The summed E-state index contributed by atoms with van der Waals surface area (Å²) < 4.78 is 5.73. The largest absolute Gasteiger partial charge is 0.494 e. The van der Waals surface area contributed by atoms with Gasteiger partial charge in [-0.2, -0.15) is 0 Å². The quantitative estimate of drug-likeness (QED) is 0.540. The second-order valence-electron chi connectivity index (χ2n) is 4.96. The van der Waals surface area contributed by atoms with Crippen LogP contribution in [-0.4, -0.2) is 11.8 Å². The van der Waals surface area contributed by atoms with Crippen LogP contribution in [0.1, 0.15) is 25.3 Å². The molecule has 0 aliphatic rings. The highest BCUT2D eigenvalue weighted by molar-refractivity contribution is 6.63. The van der Waals surface area contributed by atoms with Crippen LogP contribution in [0.25, 0.3) is 11.1 Å². The monoisotopic (exact) mass is 302 g/mol. The molecular weight excluding hydrogens is 284 g/mol. The zero-order chi connectivity index (χ0) is 15.1. The highest BCUT2D eigenvalue weighted by Gasteiger charge is 2.04. The van der Waals surface area contributed by atoms with Gasteiger partial charge in [0.2, 0.25) is 5.24 Å². The van der Waals surface area contributed by atoms with Crippen LogP contribution in [0.4, 0.5) is 0 Å². The summed E-state index contributed by atoms with van der Waals surface area (Å²) in [5, 5.41) is -0.344. The lowest BCUT2D eigenvalue weighted by atomic mass is 10.0. The molecule has 110 valence electrons. The minimum absolute atomic E-state index is 0.252. The molecule has 0 spiro atoms. The highest BCUT2D eigenvalue weighted by Crippen LogP contribution is 2.25. The second-order valence-corrected chi connectivity index (χ2v) is 5.38. The van der Waals surface area contributed by atoms with Gasteiger partial charge in [-0.1, -0.05) is 49.7 Å². The molecule has 2 aromatic rings. The van der Waals surface area contributed by atoms with Crippen molar-refractivity contribution < 1.29 is 9.53 Å². The zero-order valence-electron chi connectivity index (χ0n) is 12.1. The van der Waals surface area contributed by atoms with Crippen LogP contribution in [0, 0.1) is 0 Å². The first-order chi connectivity index (χ1) is 10.2. The summed E-state index contributed by atoms with van der Waals surface area (Å²) in [6.07, 6.45) is 2.42. The predicted octanol–water partition coefficient (Wildman–Crippen LogP) is 4.84. The Morgan fingerprint density at radius 2 is 1.81 bits per heavy atom. The third-order valence-electron chi connectivity index (χ3n) is 3.20. The molecule has 0 radical (unpaired) electrons. The number of hydrogen-bond donors (Lipinski definition) is 0. The van der Waals surface area contributed by atoms with Gasteiger partial charge in [-0.05, 0) is 46.8 Å². The van der Waals surface area contributed by atoms with E-state index in [1.807, 2.05) is 48.5 Å². The van der Waals surface area contributed by atoms with Crippen LogP contribution in [0.15, 0.2) is 48.5 Å². The Kier molecular flexibility index (Phi) is 5.82. The van der Waals surface area contributed by atoms with E-state index in [9.17, 15) is 4.79 Å². The topological polar surface area (TPSA) is 26.3 Å². The van der Waals surface area contributed by atoms with Crippen LogP contribution in [-0.2, 0) is 11.2 Å². The third kappa shape index (κ3) is 4.91. The van der Waals surface area contributed by atoms with Gasteiger partial charge < -0.3 is 4.74 Å². The van der Waals surface area contributed by atoms with E-state index >= 15 is 0 Å². The summed E-state index contributed by atoms with van der Waals surface area (Å²) in [5.74, 6) is 0.875. The Morgan fingerprint density at radius 3 is 2.52 bits per heavy atom. The number of ether oxygens (including phenoxy) is 1. The Morgan fingerprint density at radius 1 is 1.10 bits per heavy atom. The molecule has 0 saturated heterocycles.